The molecule has 0 unspecified atom stereocenters. The van der Waals surface area contributed by atoms with Crippen molar-refractivity contribution in [2.24, 2.45) is 7.05 Å². The van der Waals surface area contributed by atoms with Crippen LogP contribution >= 0.6 is 11.5 Å². The van der Waals surface area contributed by atoms with Gasteiger partial charge in [0.1, 0.15) is 27.9 Å². The fourth-order valence-electron chi connectivity index (χ4n) is 3.50. The van der Waals surface area contributed by atoms with Gasteiger partial charge in [-0.25, -0.2) is 4.98 Å². The van der Waals surface area contributed by atoms with Crippen LogP contribution in [0.25, 0.3) is 17.2 Å². The molecule has 0 radical (unpaired) electrons. The highest BCUT2D eigenvalue weighted by molar-refractivity contribution is 7.08. The van der Waals surface area contributed by atoms with Gasteiger partial charge in [0.2, 0.25) is 0 Å². The van der Waals surface area contributed by atoms with Gasteiger partial charge < -0.3 is 5.32 Å². The lowest BCUT2D eigenvalue weighted by atomic mass is 10.0. The van der Waals surface area contributed by atoms with Crippen LogP contribution in [0.2, 0.25) is 0 Å². The maximum absolute atomic E-state index is 13.1. The van der Waals surface area contributed by atoms with E-state index in [4.69, 9.17) is 0 Å². The fourth-order valence-corrected chi connectivity index (χ4v) is 4.37. The zero-order valence-corrected chi connectivity index (χ0v) is 17.6. The van der Waals surface area contributed by atoms with Crippen LogP contribution in [0.5, 0.6) is 0 Å². The maximum atomic E-state index is 13.1. The molecule has 0 aliphatic heterocycles. The SMILES string of the molecule is Cc1cn(C)nc1-c1nsc(C(=O)Nc2cnc(-n3nccn3)c(C#N)c2)c1C1CC1. The molecule has 11 heteroatoms. The Morgan fingerprint density at radius 3 is 2.71 bits per heavy atom. The van der Waals surface area contributed by atoms with E-state index in [1.54, 1.807) is 10.7 Å². The Morgan fingerprint density at radius 1 is 1.29 bits per heavy atom. The van der Waals surface area contributed by atoms with Gasteiger partial charge >= 0.3 is 0 Å². The Balaban J connectivity index is 1.46. The van der Waals surface area contributed by atoms with Crippen LogP contribution in [0.3, 0.4) is 0 Å². The summed E-state index contributed by atoms with van der Waals surface area (Å²) in [5, 5.41) is 24.9. The standard InChI is InChI=1S/C20H17N9OS/c1-11-10-28(2)26-16(11)17-15(12-3-4-12)18(31-27-17)20(30)25-14-7-13(8-21)19(22-9-14)29-23-5-6-24-29/h5-7,9-10,12H,3-4H2,1-2H3,(H,25,30). The largest absolute Gasteiger partial charge is 0.320 e. The first-order chi connectivity index (χ1) is 15.0. The highest BCUT2D eigenvalue weighted by Crippen LogP contribution is 2.47. The predicted octanol–water partition coefficient (Wildman–Crippen LogP) is 2.83. The average molecular weight is 431 g/mol. The third-order valence-corrected chi connectivity index (χ3v) is 5.87. The third kappa shape index (κ3) is 3.47. The van der Waals surface area contributed by atoms with Crippen LogP contribution in [0.4, 0.5) is 5.69 Å². The van der Waals surface area contributed by atoms with Crippen LogP contribution in [0, 0.1) is 18.3 Å². The maximum Gasteiger partial charge on any atom is 0.267 e. The number of nitriles is 1. The second kappa shape index (κ2) is 7.41. The lowest BCUT2D eigenvalue weighted by Gasteiger charge is -2.08. The van der Waals surface area contributed by atoms with E-state index in [9.17, 15) is 10.1 Å². The van der Waals surface area contributed by atoms with Gasteiger partial charge in [-0.05, 0) is 48.8 Å². The molecule has 0 saturated heterocycles. The van der Waals surface area contributed by atoms with Crippen molar-refractivity contribution in [2.45, 2.75) is 25.7 Å². The summed E-state index contributed by atoms with van der Waals surface area (Å²) in [4.78, 5) is 19.2. The number of nitrogens with one attached hydrogen (secondary N) is 1. The van der Waals surface area contributed by atoms with Crippen molar-refractivity contribution in [3.8, 4) is 23.3 Å². The van der Waals surface area contributed by atoms with Crippen LogP contribution in [-0.2, 0) is 7.05 Å². The van der Waals surface area contributed by atoms with Crippen molar-refractivity contribution in [1.29, 1.82) is 5.26 Å². The number of carbonyl (C=O) groups excluding carboxylic acids is 1. The molecule has 0 spiro atoms. The normalized spacial score (nSPS) is 13.2. The second-order valence-electron chi connectivity index (χ2n) is 7.36. The number of rotatable bonds is 5. The topological polar surface area (TPSA) is 127 Å². The molecule has 1 N–H and O–H groups in total. The molecule has 1 amide bonds. The average Bonchev–Trinajstić information content (AvgIpc) is 3.15. The Labute approximate surface area is 181 Å². The predicted molar refractivity (Wildman–Crippen MR) is 113 cm³/mol. The molecule has 1 saturated carbocycles. The van der Waals surface area contributed by atoms with Crippen molar-refractivity contribution >= 4 is 23.1 Å². The van der Waals surface area contributed by atoms with Crippen molar-refractivity contribution in [2.75, 3.05) is 5.32 Å². The highest BCUT2D eigenvalue weighted by atomic mass is 32.1. The van der Waals surface area contributed by atoms with E-state index in [1.807, 2.05) is 20.2 Å². The number of hydrogen-bond acceptors (Lipinski definition) is 8. The molecule has 4 aromatic heterocycles. The molecule has 1 fully saturated rings. The number of carbonyl (C=O) groups is 1. The molecule has 31 heavy (non-hydrogen) atoms. The number of aromatic nitrogens is 7. The smallest absolute Gasteiger partial charge is 0.267 e. The monoisotopic (exact) mass is 431 g/mol. The van der Waals surface area contributed by atoms with E-state index < -0.39 is 0 Å². The molecule has 0 atom stereocenters. The number of anilines is 1. The molecule has 154 valence electrons. The minimum Gasteiger partial charge on any atom is -0.320 e. The van der Waals surface area contributed by atoms with Gasteiger partial charge in [-0.2, -0.15) is 24.9 Å². The number of pyridine rings is 1. The summed E-state index contributed by atoms with van der Waals surface area (Å²) < 4.78 is 6.34. The summed E-state index contributed by atoms with van der Waals surface area (Å²) in [7, 11) is 1.87. The van der Waals surface area contributed by atoms with Gasteiger partial charge in [-0.15, -0.1) is 4.80 Å². The molecule has 1 aliphatic carbocycles. The lowest BCUT2D eigenvalue weighted by molar-refractivity contribution is 0.102. The quantitative estimate of drug-likeness (QED) is 0.515. The van der Waals surface area contributed by atoms with Gasteiger partial charge in [-0.3, -0.25) is 9.48 Å². The summed E-state index contributed by atoms with van der Waals surface area (Å²) in [6, 6.07) is 3.64. The van der Waals surface area contributed by atoms with Crippen molar-refractivity contribution in [3.63, 3.8) is 0 Å². The third-order valence-electron chi connectivity index (χ3n) is 5.01. The molecular formula is C20H17N9OS. The Hall–Kier alpha value is -3.91. The van der Waals surface area contributed by atoms with E-state index in [-0.39, 0.29) is 11.5 Å². The Bertz CT molecular complexity index is 1330. The molecule has 10 nitrogen and oxygen atoms in total. The van der Waals surface area contributed by atoms with Gasteiger partial charge in [0.15, 0.2) is 5.82 Å². The van der Waals surface area contributed by atoms with Crippen LogP contribution in [0.1, 0.15) is 45.1 Å². The molecule has 4 aromatic rings. The fraction of sp³-hybridized carbons (Fsp3) is 0.250. The molecule has 0 aromatic carbocycles. The van der Waals surface area contributed by atoms with Gasteiger partial charge in [0.25, 0.3) is 5.91 Å². The zero-order chi connectivity index (χ0) is 21.5. The first-order valence-electron chi connectivity index (χ1n) is 9.63. The molecule has 4 heterocycles. The number of amides is 1. The summed E-state index contributed by atoms with van der Waals surface area (Å²) in [6.45, 7) is 1.99. The molecule has 1 aliphatic rings. The van der Waals surface area contributed by atoms with E-state index >= 15 is 0 Å². The van der Waals surface area contributed by atoms with Crippen molar-refractivity contribution < 1.29 is 4.79 Å². The molecule has 5 rings (SSSR count). The molecule has 0 bridgehead atoms. The minimum atomic E-state index is -0.269. The highest BCUT2D eigenvalue weighted by Gasteiger charge is 2.35. The van der Waals surface area contributed by atoms with Crippen molar-refractivity contribution in [3.05, 3.63) is 52.4 Å². The van der Waals surface area contributed by atoms with E-state index in [1.165, 1.54) is 34.9 Å². The number of aryl methyl sites for hydroxylation is 2. The van der Waals surface area contributed by atoms with E-state index in [0.29, 0.717) is 22.3 Å². The minimum absolute atomic E-state index is 0.255. The summed E-state index contributed by atoms with van der Waals surface area (Å²) >= 11 is 1.17. The van der Waals surface area contributed by atoms with Gasteiger partial charge in [0, 0.05) is 18.8 Å². The first-order valence-corrected chi connectivity index (χ1v) is 10.4. The van der Waals surface area contributed by atoms with Crippen LogP contribution in [-0.4, -0.2) is 40.0 Å². The van der Waals surface area contributed by atoms with Gasteiger partial charge in [-0.1, -0.05) is 0 Å². The van der Waals surface area contributed by atoms with E-state index in [0.717, 1.165) is 35.4 Å². The molecular weight excluding hydrogens is 414 g/mol. The zero-order valence-electron chi connectivity index (χ0n) is 16.8. The van der Waals surface area contributed by atoms with Crippen molar-refractivity contribution in [1.82, 2.24) is 34.1 Å². The van der Waals surface area contributed by atoms with Crippen LogP contribution in [0.15, 0.2) is 30.9 Å². The Kier molecular flexibility index (Phi) is 4.56. The second-order valence-corrected chi connectivity index (χ2v) is 8.14. The van der Waals surface area contributed by atoms with Crippen LogP contribution < -0.4 is 5.32 Å². The lowest BCUT2D eigenvalue weighted by Crippen LogP contribution is -2.13. The summed E-state index contributed by atoms with van der Waals surface area (Å²) in [6.07, 6.45) is 8.49. The number of nitrogens with zero attached hydrogens (tertiary/aromatic N) is 8. The van der Waals surface area contributed by atoms with E-state index in [2.05, 4.69) is 36.0 Å². The Morgan fingerprint density at radius 2 is 2.06 bits per heavy atom. The summed E-state index contributed by atoms with van der Waals surface area (Å²) in [5.41, 5.74) is 4.24. The number of hydrogen-bond donors (Lipinski definition) is 1. The van der Waals surface area contributed by atoms with Gasteiger partial charge in [0.05, 0.1) is 24.3 Å². The first kappa shape index (κ1) is 19.1. The summed E-state index contributed by atoms with van der Waals surface area (Å²) in [5.74, 6) is 0.349.